The van der Waals surface area contributed by atoms with E-state index in [0.29, 0.717) is 43.7 Å². The Morgan fingerprint density at radius 3 is 1.00 bits per heavy atom. The van der Waals surface area contributed by atoms with Gasteiger partial charge in [0.15, 0.2) is 0 Å². The average molecular weight is 1410 g/mol. The van der Waals surface area contributed by atoms with E-state index in [4.69, 9.17) is 24.8 Å². The number of piperidine rings is 1. The first-order chi connectivity index (χ1) is 43.0. The van der Waals surface area contributed by atoms with Crippen LogP contribution in [0.2, 0.25) is 0 Å². The zero-order valence-corrected chi connectivity index (χ0v) is 70.0. The Morgan fingerprint density at radius 1 is 0.448 bits per heavy atom. The van der Waals surface area contributed by atoms with Crippen molar-refractivity contribution in [3.63, 3.8) is 0 Å². The minimum absolute atomic E-state index is 0. The monoisotopic (exact) mass is 1410 g/mol. The zero-order valence-electron chi connectivity index (χ0n) is 66.1. The molecule has 5 fully saturated rings. The maximum Gasteiger partial charge on any atom is 1.00 e. The molecule has 0 bridgehead atoms. The normalized spacial score (nSPS) is 23.5. The van der Waals surface area contributed by atoms with E-state index in [1.165, 1.54) is 0 Å². The Kier molecular flexibility index (Phi) is 50.6. The Balaban J connectivity index is -0.000000583. The van der Waals surface area contributed by atoms with Crippen molar-refractivity contribution in [2.45, 2.75) is 438 Å². The fraction of sp³-hybridized carbons (Fsp3) is 0.920. The molecule has 5 rings (SSSR count). The van der Waals surface area contributed by atoms with Crippen LogP contribution in [0, 0.1) is 0 Å². The van der Waals surface area contributed by atoms with Crippen LogP contribution in [0.5, 0.6) is 0 Å². The molecule has 0 aromatic carbocycles. The molecule has 5 saturated heterocycles. The second-order valence-corrected chi connectivity index (χ2v) is 35.1. The maximum atomic E-state index is 12.4. The molecule has 5 heterocycles. The molecule has 1 radical (unpaired) electrons. The molecule has 18 nitrogen and oxygen atoms in total. The van der Waals surface area contributed by atoms with Crippen LogP contribution in [-0.2, 0) is 38.2 Å². The SMILES string of the molecule is CC(C)(C)[O-].CC1(C)CC(=O)CC(C)(C)N1.CC1(C)CCC(=O)CC(C)(C)N1.CC1(C)CCC(O)CC(C)(C)N1.CC1(C)CCC(OC(=O)CCCCCCCCC(=O)OC2CCC(C)(C)NC(C)(C)C2)CC(C)(C)N1.CCO.O=C(O)CCCCCCCCC(=O)O.[B]=S.[K+]. The van der Waals surface area contributed by atoms with Gasteiger partial charge >= 0.3 is 94.0 Å². The van der Waals surface area contributed by atoms with Crippen molar-refractivity contribution in [1.29, 1.82) is 0 Å². The number of aliphatic hydroxyl groups excluding tert-OH is 2. The Morgan fingerprint density at radius 2 is 0.688 bits per heavy atom. The van der Waals surface area contributed by atoms with E-state index in [9.17, 15) is 39.0 Å². The molecule has 21 heteroatoms. The van der Waals surface area contributed by atoms with Gasteiger partial charge in [-0.2, -0.15) is 0 Å². The molecule has 0 saturated carbocycles. The molecule has 96 heavy (non-hydrogen) atoms. The van der Waals surface area contributed by atoms with E-state index in [1.54, 1.807) is 27.7 Å². The number of carboxylic acids is 2. The van der Waals surface area contributed by atoms with Gasteiger partial charge in [0.2, 0.25) is 0 Å². The van der Waals surface area contributed by atoms with E-state index < -0.39 is 17.5 Å². The molecular weight excluding hydrogens is 1260 g/mol. The Labute approximate surface area is 635 Å². The number of Topliss-reactive ketones (excluding diaryl/α,β-unsaturated/α-hetero) is 2. The molecule has 5 aliphatic heterocycles. The van der Waals surface area contributed by atoms with Crippen molar-refractivity contribution < 1.29 is 115 Å². The maximum absolute atomic E-state index is 12.4. The van der Waals surface area contributed by atoms with Gasteiger partial charge in [-0.3, -0.25) is 28.8 Å². The van der Waals surface area contributed by atoms with Crippen molar-refractivity contribution in [1.82, 2.24) is 26.6 Å². The molecular formula is C75H146BKN5O13S. The molecule has 3 atom stereocenters. The standard InChI is InChI=1S/C30H56N2O4.C10H21NO.C10H19NO.C10H18O4.C9H17NO.C4H9O.C2H6O.BS.K/c1-27(2)19-17-23(21-29(5,6)31-27)35-25(33)15-13-11-9-10-12-14-16-26(34)36-24-18-20-28(3,4)32-30(7,8)22-24;2*1-9(2)6-5-8(12)7-10(3,4)11-9;11-9(12)7-5-3-1-2-4-6-8-10(13)14;1-8(2)5-7(11)6-9(3,4)10-8;1-4(2,3)5;1-2-3;1-2;/h23-24,31-32H,9-22H2,1-8H3;8,11-12H,5-7H2,1-4H3;11H,5-7H2,1-4H3;1-8H2,(H,11,12)(H,13,14);10H,5-6H2,1-4H3;1-3H3;3H,2H2,1H3;;/q;;;;;-1;;;+1. The summed E-state index contributed by atoms with van der Waals surface area (Å²) >= 11 is 3.58. The molecule has 3 unspecified atom stereocenters. The zero-order chi connectivity index (χ0) is 74.6. The van der Waals surface area contributed by atoms with Gasteiger partial charge in [0.25, 0.3) is 0 Å². The van der Waals surface area contributed by atoms with Crippen LogP contribution in [0.1, 0.15) is 359 Å². The molecule has 0 aromatic rings. The summed E-state index contributed by atoms with van der Waals surface area (Å²) in [7, 11) is 0. The van der Waals surface area contributed by atoms with Gasteiger partial charge in [-0.25, -0.2) is 0 Å². The van der Waals surface area contributed by atoms with Crippen molar-refractivity contribution >= 4 is 54.2 Å². The van der Waals surface area contributed by atoms with Gasteiger partial charge in [-0.05, 0) is 222 Å². The van der Waals surface area contributed by atoms with Crippen molar-refractivity contribution in [2.75, 3.05) is 6.61 Å². The second-order valence-electron chi connectivity index (χ2n) is 35.1. The summed E-state index contributed by atoms with van der Waals surface area (Å²) in [6.45, 7) is 54.1. The van der Waals surface area contributed by atoms with Crippen molar-refractivity contribution in [2.24, 2.45) is 0 Å². The summed E-state index contributed by atoms with van der Waals surface area (Å²) < 4.78 is 11.7. The summed E-state index contributed by atoms with van der Waals surface area (Å²) in [6, 6.07) is 0. The van der Waals surface area contributed by atoms with Crippen LogP contribution in [0.25, 0.3) is 0 Å². The summed E-state index contributed by atoms with van der Waals surface area (Å²) in [5, 5.41) is 61.9. The minimum Gasteiger partial charge on any atom is 1.00 e. The number of rotatable bonds is 20. The number of hydrogen-bond donors (Lipinski definition) is 9. The van der Waals surface area contributed by atoms with Gasteiger partial charge < -0.3 is 61.6 Å². The Hall–Kier alpha value is -1.18. The molecule has 559 valence electrons. The van der Waals surface area contributed by atoms with E-state index in [-0.39, 0.29) is 156 Å². The Bertz CT molecular complexity index is 2100. The van der Waals surface area contributed by atoms with Gasteiger partial charge in [-0.15, -0.1) is 5.60 Å². The third-order valence-electron chi connectivity index (χ3n) is 16.5. The molecule has 9 N–H and O–H groups in total. The number of carbonyl (C=O) groups is 6. The number of unbranched alkanes of at least 4 members (excludes halogenated alkanes) is 10. The average Bonchev–Trinajstić information content (AvgIpc) is 0.955. The molecule has 0 aromatic heterocycles. The number of ketones is 2. The van der Waals surface area contributed by atoms with Crippen LogP contribution in [-0.4, -0.2) is 149 Å². The van der Waals surface area contributed by atoms with Crippen LogP contribution in [0.3, 0.4) is 0 Å². The first-order valence-electron chi connectivity index (χ1n) is 36.1. The topological polar surface area (TPSA) is 285 Å². The smallest absolute Gasteiger partial charge is 1.00 e. The van der Waals surface area contributed by atoms with Crippen molar-refractivity contribution in [3.05, 3.63) is 0 Å². The van der Waals surface area contributed by atoms with E-state index >= 15 is 0 Å². The predicted octanol–water partition coefficient (Wildman–Crippen LogP) is 11.3. The first-order valence-corrected chi connectivity index (χ1v) is 36.6. The van der Waals surface area contributed by atoms with Gasteiger partial charge in [0.05, 0.1) is 6.10 Å². The molecule has 0 aliphatic carbocycles. The van der Waals surface area contributed by atoms with Crippen LogP contribution < -0.4 is 83.1 Å². The fourth-order valence-electron chi connectivity index (χ4n) is 14.0. The quantitative estimate of drug-likeness (QED) is 0.0311. The number of esters is 2. The third kappa shape index (κ3) is 61.5. The number of carbonyl (C=O) groups excluding carboxylic acids is 4. The molecule has 5 aliphatic rings. The fourth-order valence-corrected chi connectivity index (χ4v) is 14.0. The number of carboxylic acid groups (broad SMARTS) is 2. The van der Waals surface area contributed by atoms with Crippen molar-refractivity contribution in [3.8, 4) is 0 Å². The number of nitrogens with one attached hydrogen (secondary N) is 5. The third-order valence-corrected chi connectivity index (χ3v) is 16.5. The number of aliphatic hydroxyl groups is 2. The minimum atomic E-state index is -0.750. The van der Waals surface area contributed by atoms with Gasteiger partial charge in [0.1, 0.15) is 23.8 Å². The van der Waals surface area contributed by atoms with Crippen LogP contribution >= 0.6 is 12.1 Å². The second kappa shape index (κ2) is 48.0. The van der Waals surface area contributed by atoms with E-state index in [0.717, 1.165) is 148 Å². The summed E-state index contributed by atoms with van der Waals surface area (Å²) in [5.74, 6) is -0.833. The van der Waals surface area contributed by atoms with E-state index in [2.05, 4.69) is 184 Å². The summed E-state index contributed by atoms with van der Waals surface area (Å²) in [4.78, 5) is 67.6. The predicted molar refractivity (Wildman–Crippen MR) is 392 cm³/mol. The van der Waals surface area contributed by atoms with Crippen LogP contribution in [0.4, 0.5) is 0 Å². The number of aliphatic carboxylic acids is 2. The largest absolute Gasteiger partial charge is 1.00 e. The van der Waals surface area contributed by atoms with Gasteiger partial charge in [0, 0.05) is 126 Å². The summed E-state index contributed by atoms with van der Waals surface area (Å²) in [5.41, 5.74) is -0.384. The summed E-state index contributed by atoms with van der Waals surface area (Å²) in [6.07, 6.45) is 24.8. The van der Waals surface area contributed by atoms with E-state index in [1.807, 2.05) is 0 Å². The van der Waals surface area contributed by atoms with Crippen LogP contribution in [0.15, 0.2) is 0 Å². The first kappa shape index (κ1) is 101. The molecule has 0 spiro atoms. The number of hydrogen-bond acceptors (Lipinski definition) is 17. The number of ether oxygens (including phenoxy) is 2. The molecule has 0 amide bonds. The van der Waals surface area contributed by atoms with Gasteiger partial charge in [-0.1, -0.05) is 72.1 Å².